The van der Waals surface area contributed by atoms with Gasteiger partial charge in [-0.2, -0.15) is 5.10 Å². The average Bonchev–Trinajstić information content (AvgIpc) is 2.57. The van der Waals surface area contributed by atoms with Gasteiger partial charge in [-0.1, -0.05) is 23.7 Å². The maximum absolute atomic E-state index is 11.9. The molecule has 0 spiro atoms. The van der Waals surface area contributed by atoms with Gasteiger partial charge in [0.1, 0.15) is 11.5 Å². The number of phenolic OH excluding ortho intramolecular Hbond substituents is 1. The SMILES string of the molecule is COc1ccc(Cl)cc1/C=C/C=N/NC(=O)c1cccc(C)c1O. The highest BCUT2D eigenvalue weighted by molar-refractivity contribution is 6.30. The number of halogens is 1. The van der Waals surface area contributed by atoms with E-state index in [1.165, 1.54) is 12.3 Å². The van der Waals surface area contributed by atoms with E-state index in [0.717, 1.165) is 5.56 Å². The third-order valence-corrected chi connectivity index (χ3v) is 3.51. The van der Waals surface area contributed by atoms with Crippen molar-refractivity contribution in [2.45, 2.75) is 6.92 Å². The molecule has 2 N–H and O–H groups in total. The van der Waals surface area contributed by atoms with Crippen molar-refractivity contribution in [3.8, 4) is 11.5 Å². The van der Waals surface area contributed by atoms with Crippen molar-refractivity contribution in [2.24, 2.45) is 5.10 Å². The summed E-state index contributed by atoms with van der Waals surface area (Å²) in [5, 5.41) is 14.3. The van der Waals surface area contributed by atoms with Crippen LogP contribution in [0.5, 0.6) is 11.5 Å². The molecule has 2 rings (SSSR count). The maximum Gasteiger partial charge on any atom is 0.275 e. The Labute approximate surface area is 145 Å². The van der Waals surface area contributed by atoms with Crippen LogP contribution in [0.1, 0.15) is 21.5 Å². The van der Waals surface area contributed by atoms with Gasteiger partial charge in [0, 0.05) is 16.8 Å². The first kappa shape index (κ1) is 17.6. The third-order valence-electron chi connectivity index (χ3n) is 3.28. The lowest BCUT2D eigenvalue weighted by molar-refractivity contribution is 0.0952. The monoisotopic (exact) mass is 344 g/mol. The molecule has 2 aromatic carbocycles. The van der Waals surface area contributed by atoms with Crippen LogP contribution in [0.3, 0.4) is 0 Å². The van der Waals surface area contributed by atoms with Gasteiger partial charge >= 0.3 is 0 Å². The Bertz CT molecular complexity index is 801. The van der Waals surface area contributed by atoms with E-state index in [1.54, 1.807) is 56.5 Å². The van der Waals surface area contributed by atoms with Crippen molar-refractivity contribution in [3.63, 3.8) is 0 Å². The van der Waals surface area contributed by atoms with Crippen molar-refractivity contribution in [1.82, 2.24) is 5.43 Å². The predicted octanol–water partition coefficient (Wildman–Crippen LogP) is 3.79. The van der Waals surface area contributed by atoms with Crippen LogP contribution >= 0.6 is 11.6 Å². The number of carbonyl (C=O) groups excluding carboxylic acids is 1. The lowest BCUT2D eigenvalue weighted by Crippen LogP contribution is -2.17. The summed E-state index contributed by atoms with van der Waals surface area (Å²) in [6.07, 6.45) is 4.82. The largest absolute Gasteiger partial charge is 0.507 e. The molecule has 124 valence electrons. The molecule has 0 atom stereocenters. The van der Waals surface area contributed by atoms with E-state index >= 15 is 0 Å². The van der Waals surface area contributed by atoms with E-state index in [2.05, 4.69) is 10.5 Å². The van der Waals surface area contributed by atoms with Gasteiger partial charge < -0.3 is 9.84 Å². The number of nitrogens with zero attached hydrogens (tertiary/aromatic N) is 1. The van der Waals surface area contributed by atoms with Crippen molar-refractivity contribution >= 4 is 29.8 Å². The van der Waals surface area contributed by atoms with Crippen LogP contribution in [0.15, 0.2) is 47.6 Å². The van der Waals surface area contributed by atoms with Gasteiger partial charge in [0.25, 0.3) is 5.91 Å². The van der Waals surface area contributed by atoms with E-state index in [-0.39, 0.29) is 11.3 Å². The number of hydrazone groups is 1. The summed E-state index contributed by atoms with van der Waals surface area (Å²) >= 11 is 5.95. The molecule has 0 saturated heterocycles. The molecule has 0 bridgehead atoms. The Balaban J connectivity index is 2.01. The summed E-state index contributed by atoms with van der Waals surface area (Å²) in [5.74, 6) is 0.142. The number of aryl methyl sites for hydroxylation is 1. The van der Waals surface area contributed by atoms with Gasteiger partial charge in [-0.15, -0.1) is 0 Å². The number of allylic oxidation sites excluding steroid dienone is 1. The number of carbonyl (C=O) groups is 1. The van der Waals surface area contributed by atoms with Crippen LogP contribution in [0, 0.1) is 6.92 Å². The van der Waals surface area contributed by atoms with Crippen LogP contribution in [-0.4, -0.2) is 24.3 Å². The second-order valence-corrected chi connectivity index (χ2v) is 5.37. The number of hydrogen-bond donors (Lipinski definition) is 2. The van der Waals surface area contributed by atoms with Gasteiger partial charge in [-0.05, 0) is 48.9 Å². The van der Waals surface area contributed by atoms with Crippen LogP contribution in [0.25, 0.3) is 6.08 Å². The normalized spacial score (nSPS) is 11.1. The second-order valence-electron chi connectivity index (χ2n) is 4.94. The van der Waals surface area contributed by atoms with Crippen molar-refractivity contribution in [3.05, 3.63) is 64.2 Å². The van der Waals surface area contributed by atoms with Gasteiger partial charge in [-0.3, -0.25) is 4.79 Å². The number of benzene rings is 2. The van der Waals surface area contributed by atoms with Crippen LogP contribution in [-0.2, 0) is 0 Å². The van der Waals surface area contributed by atoms with Crippen LogP contribution in [0.2, 0.25) is 5.02 Å². The summed E-state index contributed by atoms with van der Waals surface area (Å²) < 4.78 is 5.23. The van der Waals surface area contributed by atoms with Gasteiger partial charge in [0.15, 0.2) is 0 Å². The number of ether oxygens (including phenoxy) is 1. The lowest BCUT2D eigenvalue weighted by atomic mass is 10.1. The number of amides is 1. The average molecular weight is 345 g/mol. The smallest absolute Gasteiger partial charge is 0.275 e. The Morgan fingerprint density at radius 3 is 2.88 bits per heavy atom. The molecule has 0 aliphatic rings. The maximum atomic E-state index is 11.9. The highest BCUT2D eigenvalue weighted by Gasteiger charge is 2.11. The molecule has 0 aliphatic carbocycles. The molecule has 24 heavy (non-hydrogen) atoms. The molecule has 5 nitrogen and oxygen atoms in total. The molecule has 1 amide bonds. The van der Waals surface area contributed by atoms with E-state index in [1.807, 2.05) is 0 Å². The fourth-order valence-corrected chi connectivity index (χ4v) is 2.20. The molecule has 2 aromatic rings. The van der Waals surface area contributed by atoms with Gasteiger partial charge in [-0.25, -0.2) is 5.43 Å². The lowest BCUT2D eigenvalue weighted by Gasteiger charge is -2.05. The van der Waals surface area contributed by atoms with Crippen LogP contribution in [0.4, 0.5) is 0 Å². The number of phenols is 1. The number of para-hydroxylation sites is 1. The summed E-state index contributed by atoms with van der Waals surface area (Å²) in [7, 11) is 1.57. The zero-order chi connectivity index (χ0) is 17.5. The first-order valence-electron chi connectivity index (χ1n) is 7.15. The number of methoxy groups -OCH3 is 1. The topological polar surface area (TPSA) is 70.9 Å². The Morgan fingerprint density at radius 2 is 2.12 bits per heavy atom. The minimum Gasteiger partial charge on any atom is -0.507 e. The highest BCUT2D eigenvalue weighted by atomic mass is 35.5. The minimum atomic E-state index is -0.485. The fraction of sp³-hybridized carbons (Fsp3) is 0.111. The van der Waals surface area contributed by atoms with E-state index in [9.17, 15) is 9.90 Å². The highest BCUT2D eigenvalue weighted by Crippen LogP contribution is 2.23. The van der Waals surface area contributed by atoms with Gasteiger partial charge in [0.05, 0.1) is 12.7 Å². The van der Waals surface area contributed by atoms with Crippen molar-refractivity contribution in [1.29, 1.82) is 0 Å². The summed E-state index contributed by atoms with van der Waals surface area (Å²) in [6.45, 7) is 1.72. The first-order valence-corrected chi connectivity index (χ1v) is 7.53. The molecule has 0 radical (unpaired) electrons. The summed E-state index contributed by atoms with van der Waals surface area (Å²) in [6, 6.07) is 10.2. The molecule has 0 unspecified atom stereocenters. The predicted molar refractivity (Wildman–Crippen MR) is 95.8 cm³/mol. The first-order chi connectivity index (χ1) is 11.5. The number of aromatic hydroxyl groups is 1. The molecule has 0 aromatic heterocycles. The van der Waals surface area contributed by atoms with Crippen molar-refractivity contribution in [2.75, 3.05) is 7.11 Å². The Hall–Kier alpha value is -2.79. The van der Waals surface area contributed by atoms with E-state index < -0.39 is 5.91 Å². The van der Waals surface area contributed by atoms with E-state index in [0.29, 0.717) is 16.3 Å². The Kier molecular flexibility index (Phi) is 5.98. The molecular weight excluding hydrogens is 328 g/mol. The Morgan fingerprint density at radius 1 is 1.33 bits per heavy atom. The molecular formula is C18H17ClN2O3. The van der Waals surface area contributed by atoms with E-state index in [4.69, 9.17) is 16.3 Å². The fourth-order valence-electron chi connectivity index (χ4n) is 2.02. The second kappa shape index (κ2) is 8.17. The van der Waals surface area contributed by atoms with Crippen LogP contribution < -0.4 is 10.2 Å². The van der Waals surface area contributed by atoms with Crippen molar-refractivity contribution < 1.29 is 14.6 Å². The molecule has 0 fully saturated rings. The molecule has 0 heterocycles. The zero-order valence-corrected chi connectivity index (χ0v) is 14.0. The number of hydrogen-bond acceptors (Lipinski definition) is 4. The summed E-state index contributed by atoms with van der Waals surface area (Å²) in [4.78, 5) is 11.9. The molecule has 0 aliphatic heterocycles. The minimum absolute atomic E-state index is 0.0515. The summed E-state index contributed by atoms with van der Waals surface area (Å²) in [5.41, 5.74) is 3.94. The quantitative estimate of drug-likeness (QED) is 0.640. The van der Waals surface area contributed by atoms with Gasteiger partial charge in [0.2, 0.25) is 0 Å². The number of rotatable bonds is 5. The molecule has 6 heteroatoms. The zero-order valence-electron chi connectivity index (χ0n) is 13.3. The third kappa shape index (κ3) is 4.36. The molecule has 0 saturated carbocycles. The number of nitrogens with one attached hydrogen (secondary N) is 1. The standard InChI is InChI=1S/C18H17ClN2O3/c1-12-5-3-7-15(17(12)22)18(23)21-20-10-4-6-13-11-14(19)8-9-16(13)24-2/h3-11,22H,1-2H3,(H,21,23)/b6-4+,20-10+.